The van der Waals surface area contributed by atoms with Gasteiger partial charge in [0.05, 0.1) is 32.8 Å². The third-order valence-corrected chi connectivity index (χ3v) is 4.39. The van der Waals surface area contributed by atoms with Crippen molar-refractivity contribution in [3.63, 3.8) is 0 Å². The number of hydrogen-bond donors (Lipinski definition) is 1. The number of piperidine rings is 1. The van der Waals surface area contributed by atoms with Crippen LogP contribution < -0.4 is 14.8 Å². The first-order chi connectivity index (χ1) is 13.1. The second-order valence-corrected chi connectivity index (χ2v) is 6.15. The van der Waals surface area contributed by atoms with Crippen LogP contribution in [0.25, 0.3) is 11.4 Å². The predicted octanol–water partition coefficient (Wildman–Crippen LogP) is 2.20. The van der Waals surface area contributed by atoms with Crippen molar-refractivity contribution >= 4 is 6.03 Å². The predicted molar refractivity (Wildman–Crippen MR) is 95.0 cm³/mol. The van der Waals surface area contributed by atoms with E-state index >= 15 is 0 Å². The Morgan fingerprint density at radius 1 is 1.41 bits per heavy atom. The SMILES string of the molecule is COc1ccc(-c2noc(CNC(=O)N3CCC[C@@H](C#N)C3)n2)cc1OC. The van der Waals surface area contributed by atoms with Gasteiger partial charge in [-0.05, 0) is 31.0 Å². The molecular weight excluding hydrogens is 350 g/mol. The fourth-order valence-electron chi connectivity index (χ4n) is 2.95. The normalized spacial score (nSPS) is 16.5. The molecule has 0 bridgehead atoms. The average Bonchev–Trinajstić information content (AvgIpc) is 3.20. The highest BCUT2D eigenvalue weighted by Crippen LogP contribution is 2.31. The highest BCUT2D eigenvalue weighted by molar-refractivity contribution is 5.74. The van der Waals surface area contributed by atoms with E-state index in [1.54, 1.807) is 37.3 Å². The lowest BCUT2D eigenvalue weighted by Gasteiger charge is -2.29. The van der Waals surface area contributed by atoms with Gasteiger partial charge in [-0.15, -0.1) is 0 Å². The Hall–Kier alpha value is -3.28. The van der Waals surface area contributed by atoms with Crippen LogP contribution in [-0.2, 0) is 6.54 Å². The summed E-state index contributed by atoms with van der Waals surface area (Å²) in [4.78, 5) is 18.2. The minimum absolute atomic E-state index is 0.107. The molecule has 1 fully saturated rings. The first-order valence-electron chi connectivity index (χ1n) is 8.62. The van der Waals surface area contributed by atoms with Crippen LogP contribution >= 0.6 is 0 Å². The van der Waals surface area contributed by atoms with Crippen molar-refractivity contribution in [2.75, 3.05) is 27.3 Å². The van der Waals surface area contributed by atoms with Gasteiger partial charge in [0.15, 0.2) is 11.5 Å². The van der Waals surface area contributed by atoms with E-state index < -0.39 is 0 Å². The Labute approximate surface area is 156 Å². The zero-order valence-corrected chi connectivity index (χ0v) is 15.3. The van der Waals surface area contributed by atoms with Gasteiger partial charge in [0, 0.05) is 18.7 Å². The molecule has 3 rings (SSSR count). The van der Waals surface area contributed by atoms with Gasteiger partial charge in [-0.1, -0.05) is 5.16 Å². The first kappa shape index (κ1) is 18.5. The summed E-state index contributed by atoms with van der Waals surface area (Å²) in [6.07, 6.45) is 1.66. The molecule has 1 aromatic carbocycles. The monoisotopic (exact) mass is 371 g/mol. The van der Waals surface area contributed by atoms with E-state index in [1.807, 2.05) is 0 Å². The van der Waals surface area contributed by atoms with Crippen LogP contribution in [-0.4, -0.2) is 48.4 Å². The number of hydrogen-bond acceptors (Lipinski definition) is 7. The molecule has 9 heteroatoms. The number of aromatic nitrogens is 2. The lowest BCUT2D eigenvalue weighted by molar-refractivity contribution is 0.174. The van der Waals surface area contributed by atoms with Crippen LogP contribution in [0.3, 0.4) is 0 Å². The fourth-order valence-corrected chi connectivity index (χ4v) is 2.95. The molecule has 0 aliphatic carbocycles. The van der Waals surface area contributed by atoms with Crippen LogP contribution in [0.1, 0.15) is 18.7 Å². The number of carbonyl (C=O) groups excluding carboxylic acids is 1. The molecular formula is C18H21N5O4. The number of amides is 2. The topological polar surface area (TPSA) is 114 Å². The van der Waals surface area contributed by atoms with Gasteiger partial charge >= 0.3 is 6.03 Å². The maximum Gasteiger partial charge on any atom is 0.317 e. The summed E-state index contributed by atoms with van der Waals surface area (Å²) in [6, 6.07) is 7.29. The van der Waals surface area contributed by atoms with Crippen LogP contribution in [0.15, 0.2) is 22.7 Å². The number of nitriles is 1. The highest BCUT2D eigenvalue weighted by atomic mass is 16.5. The lowest BCUT2D eigenvalue weighted by Crippen LogP contribution is -2.45. The number of urea groups is 1. The third kappa shape index (κ3) is 4.28. The second-order valence-electron chi connectivity index (χ2n) is 6.15. The number of rotatable bonds is 5. The van der Waals surface area contributed by atoms with Crippen molar-refractivity contribution in [2.45, 2.75) is 19.4 Å². The summed E-state index contributed by atoms with van der Waals surface area (Å²) in [6.45, 7) is 1.21. The Kier molecular flexibility index (Phi) is 5.76. The third-order valence-electron chi connectivity index (χ3n) is 4.39. The molecule has 2 aromatic rings. The van der Waals surface area contributed by atoms with Crippen LogP contribution in [0.4, 0.5) is 4.79 Å². The van der Waals surface area contributed by atoms with Crippen LogP contribution in [0.2, 0.25) is 0 Å². The summed E-state index contributed by atoms with van der Waals surface area (Å²) in [7, 11) is 3.12. The van der Waals surface area contributed by atoms with E-state index in [0.29, 0.717) is 41.9 Å². The van der Waals surface area contributed by atoms with E-state index in [9.17, 15) is 4.79 Å². The van der Waals surface area contributed by atoms with E-state index in [4.69, 9.17) is 19.3 Å². The van der Waals surface area contributed by atoms with Gasteiger partial charge in [-0.3, -0.25) is 0 Å². The quantitative estimate of drug-likeness (QED) is 0.857. The molecule has 1 N–H and O–H groups in total. The summed E-state index contributed by atoms with van der Waals surface area (Å²) in [5.41, 5.74) is 0.710. The lowest BCUT2D eigenvalue weighted by atomic mass is 10.0. The smallest absolute Gasteiger partial charge is 0.317 e. The molecule has 0 saturated carbocycles. The van der Waals surface area contributed by atoms with Gasteiger partial charge in [0.1, 0.15) is 0 Å². The summed E-state index contributed by atoms with van der Waals surface area (Å²) in [5, 5.41) is 15.7. The fraction of sp³-hybridized carbons (Fsp3) is 0.444. The molecule has 1 aromatic heterocycles. The Morgan fingerprint density at radius 3 is 2.96 bits per heavy atom. The molecule has 0 spiro atoms. The van der Waals surface area contributed by atoms with E-state index in [-0.39, 0.29) is 18.5 Å². The number of methoxy groups -OCH3 is 2. The standard InChI is InChI=1S/C18H21N5O4/c1-25-14-6-5-13(8-15(14)26-2)17-21-16(27-22-17)10-20-18(24)23-7-3-4-12(9-19)11-23/h5-6,8,12H,3-4,7,10-11H2,1-2H3,(H,20,24)/t12-/m0/s1. The van der Waals surface area contributed by atoms with E-state index in [1.165, 1.54) is 0 Å². The molecule has 1 aliphatic heterocycles. The van der Waals surface area contributed by atoms with Crippen molar-refractivity contribution in [2.24, 2.45) is 5.92 Å². The van der Waals surface area contributed by atoms with Crippen LogP contribution in [0, 0.1) is 17.2 Å². The molecule has 2 heterocycles. The number of ether oxygens (including phenoxy) is 2. The molecule has 1 aliphatic rings. The maximum atomic E-state index is 12.2. The van der Waals surface area contributed by atoms with Crippen molar-refractivity contribution in [3.05, 3.63) is 24.1 Å². The van der Waals surface area contributed by atoms with Gasteiger partial charge in [0.2, 0.25) is 11.7 Å². The molecule has 0 radical (unpaired) electrons. The average molecular weight is 371 g/mol. The van der Waals surface area contributed by atoms with E-state index in [0.717, 1.165) is 12.8 Å². The molecule has 1 atom stereocenters. The minimum Gasteiger partial charge on any atom is -0.493 e. The second kappa shape index (κ2) is 8.40. The molecule has 0 unspecified atom stereocenters. The largest absolute Gasteiger partial charge is 0.493 e. The van der Waals surface area contributed by atoms with E-state index in [2.05, 4.69) is 21.5 Å². The zero-order valence-electron chi connectivity index (χ0n) is 15.3. The summed E-state index contributed by atoms with van der Waals surface area (Å²) >= 11 is 0. The van der Waals surface area contributed by atoms with Gasteiger partial charge < -0.3 is 24.2 Å². The molecule has 142 valence electrons. The summed E-state index contributed by atoms with van der Waals surface area (Å²) in [5.74, 6) is 1.75. The Balaban J connectivity index is 1.61. The Bertz CT molecular complexity index is 845. The van der Waals surface area contributed by atoms with Crippen LogP contribution in [0.5, 0.6) is 11.5 Å². The van der Waals surface area contributed by atoms with Gasteiger partial charge in [0.25, 0.3) is 0 Å². The summed E-state index contributed by atoms with van der Waals surface area (Å²) < 4.78 is 15.7. The first-order valence-corrected chi connectivity index (χ1v) is 8.62. The minimum atomic E-state index is -0.235. The number of nitrogens with one attached hydrogen (secondary N) is 1. The number of likely N-dealkylation sites (tertiary alicyclic amines) is 1. The number of nitrogens with zero attached hydrogens (tertiary/aromatic N) is 4. The van der Waals surface area contributed by atoms with Gasteiger partial charge in [-0.25, -0.2) is 4.79 Å². The molecule has 9 nitrogen and oxygen atoms in total. The van der Waals surface area contributed by atoms with Gasteiger partial charge in [-0.2, -0.15) is 10.2 Å². The van der Waals surface area contributed by atoms with Crippen molar-refractivity contribution in [1.82, 2.24) is 20.4 Å². The molecule has 27 heavy (non-hydrogen) atoms. The van der Waals surface area contributed by atoms with Crippen molar-refractivity contribution in [1.29, 1.82) is 5.26 Å². The van der Waals surface area contributed by atoms with Crippen molar-refractivity contribution < 1.29 is 18.8 Å². The number of carbonyl (C=O) groups is 1. The molecule has 2 amide bonds. The highest BCUT2D eigenvalue weighted by Gasteiger charge is 2.23. The zero-order chi connectivity index (χ0) is 19.2. The number of benzene rings is 1. The van der Waals surface area contributed by atoms with Crippen molar-refractivity contribution in [3.8, 4) is 29.0 Å². The maximum absolute atomic E-state index is 12.2. The molecule has 1 saturated heterocycles. The Morgan fingerprint density at radius 2 is 2.22 bits per heavy atom.